The molecule has 0 atom stereocenters. The molecule has 10 heteroatoms. The molecule has 1 aliphatic carbocycles. The molecule has 1 aromatic heterocycles. The number of piperazine rings is 1. The maximum Gasteiger partial charge on any atom is 0.495 e. The number of benzene rings is 2. The number of halogens is 1. The van der Waals surface area contributed by atoms with Crippen LogP contribution in [-0.2, 0) is 11.3 Å². The summed E-state index contributed by atoms with van der Waals surface area (Å²) in [7, 11) is -0.931. The zero-order valence-electron chi connectivity index (χ0n) is 21.5. The average molecular weight is 519 g/mol. The molecule has 0 spiro atoms. The Hall–Kier alpha value is -3.21. The van der Waals surface area contributed by atoms with Gasteiger partial charge < -0.3 is 23.9 Å². The molecular formula is C28H31BFN3O5. The van der Waals surface area contributed by atoms with Gasteiger partial charge in [0.1, 0.15) is 11.6 Å². The molecular weight excluding hydrogens is 488 g/mol. The van der Waals surface area contributed by atoms with E-state index in [-0.39, 0.29) is 22.8 Å². The van der Waals surface area contributed by atoms with Crippen LogP contribution in [0.15, 0.2) is 41.3 Å². The van der Waals surface area contributed by atoms with Crippen molar-refractivity contribution >= 4 is 35.0 Å². The number of hydrogen-bond acceptors (Lipinski definition) is 7. The van der Waals surface area contributed by atoms with Gasteiger partial charge in [-0.15, -0.1) is 0 Å². The predicted molar refractivity (Wildman–Crippen MR) is 144 cm³/mol. The number of hydrogen-bond donors (Lipinski definition) is 1. The van der Waals surface area contributed by atoms with E-state index in [0.717, 1.165) is 49.9 Å². The first-order valence-corrected chi connectivity index (χ1v) is 13.3. The molecule has 198 valence electrons. The number of carbonyl (C=O) groups is 1. The van der Waals surface area contributed by atoms with Gasteiger partial charge in [0.2, 0.25) is 0 Å². The number of ether oxygens (including phenoxy) is 1. The first kappa shape index (κ1) is 25.1. The summed E-state index contributed by atoms with van der Waals surface area (Å²) < 4.78 is 28.5. The Morgan fingerprint density at radius 2 is 2.00 bits per heavy atom. The van der Waals surface area contributed by atoms with E-state index in [2.05, 4.69) is 4.90 Å². The molecule has 0 bridgehead atoms. The zero-order valence-corrected chi connectivity index (χ0v) is 21.5. The van der Waals surface area contributed by atoms with Gasteiger partial charge in [-0.05, 0) is 49.9 Å². The first-order valence-electron chi connectivity index (χ1n) is 13.3. The summed E-state index contributed by atoms with van der Waals surface area (Å²) >= 11 is 0. The van der Waals surface area contributed by atoms with Crippen molar-refractivity contribution in [3.8, 4) is 5.75 Å². The van der Waals surface area contributed by atoms with E-state index in [4.69, 9.17) is 9.39 Å². The lowest BCUT2D eigenvalue weighted by Gasteiger charge is -2.36. The second-order valence-corrected chi connectivity index (χ2v) is 10.4. The maximum absolute atomic E-state index is 15.3. The van der Waals surface area contributed by atoms with Crippen LogP contribution in [-0.4, -0.2) is 66.7 Å². The Morgan fingerprint density at radius 1 is 1.21 bits per heavy atom. The quantitative estimate of drug-likeness (QED) is 0.278. The molecule has 1 saturated carbocycles. The van der Waals surface area contributed by atoms with Gasteiger partial charge in [0.15, 0.2) is 11.2 Å². The number of ketones is 1. The second-order valence-electron chi connectivity index (χ2n) is 10.4. The Balaban J connectivity index is 1.09. The maximum atomic E-state index is 15.3. The monoisotopic (exact) mass is 519 g/mol. The van der Waals surface area contributed by atoms with Crippen molar-refractivity contribution in [1.82, 2.24) is 9.47 Å². The average Bonchev–Trinajstić information content (AvgIpc) is 3.69. The minimum atomic E-state index is -0.931. The highest BCUT2D eigenvalue weighted by molar-refractivity contribution is 6.62. The minimum Gasteiger partial charge on any atom is -0.494 e. The van der Waals surface area contributed by atoms with Gasteiger partial charge in [-0.3, -0.25) is 14.5 Å². The molecule has 3 aromatic rings. The van der Waals surface area contributed by atoms with Crippen molar-refractivity contribution in [2.24, 2.45) is 0 Å². The summed E-state index contributed by atoms with van der Waals surface area (Å²) in [6.07, 6.45) is 4.47. The number of Topliss-reactive ketones (excluding diaryl/α,β-unsaturated/α-hetero) is 1. The third-order valence-electron chi connectivity index (χ3n) is 7.81. The molecule has 1 saturated heterocycles. The molecule has 0 amide bonds. The molecule has 1 N–H and O–H groups in total. The van der Waals surface area contributed by atoms with E-state index in [9.17, 15) is 14.6 Å². The van der Waals surface area contributed by atoms with E-state index in [0.29, 0.717) is 43.3 Å². The number of nitrogens with zero attached hydrogens (tertiary/aromatic N) is 3. The third kappa shape index (κ3) is 4.72. The third-order valence-corrected chi connectivity index (χ3v) is 7.81. The van der Waals surface area contributed by atoms with Gasteiger partial charge in [-0.2, -0.15) is 0 Å². The van der Waals surface area contributed by atoms with E-state index in [1.165, 1.54) is 13.0 Å². The highest BCUT2D eigenvalue weighted by atomic mass is 19.1. The molecule has 0 unspecified atom stereocenters. The summed E-state index contributed by atoms with van der Waals surface area (Å²) in [6.45, 7) is 6.11. The summed E-state index contributed by atoms with van der Waals surface area (Å²) in [6, 6.07) is 9.05. The van der Waals surface area contributed by atoms with Gasteiger partial charge in [-0.25, -0.2) is 4.39 Å². The zero-order chi connectivity index (χ0) is 26.4. The van der Waals surface area contributed by atoms with Crippen LogP contribution in [0.1, 0.15) is 48.1 Å². The van der Waals surface area contributed by atoms with Gasteiger partial charge in [-0.1, -0.05) is 12.1 Å². The second kappa shape index (κ2) is 10.2. The number of fused-ring (bicyclic) bond motifs is 2. The van der Waals surface area contributed by atoms with Crippen molar-refractivity contribution in [1.29, 1.82) is 0 Å². The number of rotatable bonds is 8. The SMILES string of the molecule is CC(=O)c1cn(C2CC2)c2cc(N3CCN(CCCOc4cccc5c4B(O)OC5)CC3)c(F)cc2c1=O. The molecule has 2 aromatic carbocycles. The van der Waals surface area contributed by atoms with Gasteiger partial charge in [0.05, 0.1) is 30.0 Å². The van der Waals surface area contributed by atoms with Gasteiger partial charge in [0, 0.05) is 55.8 Å². The number of aromatic nitrogens is 1. The molecule has 2 fully saturated rings. The summed E-state index contributed by atoms with van der Waals surface area (Å²) in [4.78, 5) is 29.3. The van der Waals surface area contributed by atoms with Gasteiger partial charge in [0.25, 0.3) is 0 Å². The highest BCUT2D eigenvalue weighted by Gasteiger charge is 2.31. The van der Waals surface area contributed by atoms with Crippen LogP contribution in [0, 0.1) is 5.82 Å². The van der Waals surface area contributed by atoms with Crippen LogP contribution in [0.2, 0.25) is 0 Å². The van der Waals surface area contributed by atoms with E-state index >= 15 is 4.39 Å². The number of carbonyl (C=O) groups excluding carboxylic acids is 1. The lowest BCUT2D eigenvalue weighted by Crippen LogP contribution is -2.47. The lowest BCUT2D eigenvalue weighted by molar-refractivity contribution is 0.101. The summed E-state index contributed by atoms with van der Waals surface area (Å²) in [5.41, 5.74) is 2.60. The fraction of sp³-hybridized carbons (Fsp3) is 0.429. The van der Waals surface area contributed by atoms with E-state index < -0.39 is 18.4 Å². The van der Waals surface area contributed by atoms with E-state index in [1.54, 1.807) is 12.3 Å². The molecule has 8 nitrogen and oxygen atoms in total. The largest absolute Gasteiger partial charge is 0.495 e. The molecule has 0 radical (unpaired) electrons. The highest BCUT2D eigenvalue weighted by Crippen LogP contribution is 2.38. The number of pyridine rings is 1. The molecule has 2 aliphatic heterocycles. The molecule has 3 heterocycles. The Kier molecular flexibility index (Phi) is 6.71. The lowest BCUT2D eigenvalue weighted by atomic mass is 9.79. The van der Waals surface area contributed by atoms with Crippen molar-refractivity contribution in [2.75, 3.05) is 44.2 Å². The van der Waals surface area contributed by atoms with Crippen LogP contribution >= 0.6 is 0 Å². The summed E-state index contributed by atoms with van der Waals surface area (Å²) in [5.74, 6) is -0.0538. The topological polar surface area (TPSA) is 84.2 Å². The fourth-order valence-electron chi connectivity index (χ4n) is 5.56. The Morgan fingerprint density at radius 3 is 2.74 bits per heavy atom. The predicted octanol–water partition coefficient (Wildman–Crippen LogP) is 2.49. The van der Waals surface area contributed by atoms with Crippen LogP contribution < -0.4 is 20.5 Å². The summed E-state index contributed by atoms with van der Waals surface area (Å²) in [5, 5.41) is 10.3. The normalized spacial score (nSPS) is 17.8. The Bertz CT molecular complexity index is 1450. The standard InChI is InChI=1S/C28H31BFN3O5/c1-18(34)22-16-33(20-6-7-20)24-15-25(23(30)14-21(24)28(22)35)32-11-9-31(10-12-32)8-3-13-37-26-5-2-4-19-17-38-29(36)27(19)26/h2,4-5,14-16,20,36H,3,6-13,17H2,1H3. The molecule has 6 rings (SSSR count). The first-order chi connectivity index (χ1) is 18.4. The van der Waals surface area contributed by atoms with E-state index in [1.807, 2.05) is 27.7 Å². The van der Waals surface area contributed by atoms with Crippen molar-refractivity contribution < 1.29 is 23.6 Å². The van der Waals surface area contributed by atoms with Crippen LogP contribution in [0.3, 0.4) is 0 Å². The van der Waals surface area contributed by atoms with Crippen molar-refractivity contribution in [2.45, 2.75) is 38.8 Å². The fourth-order valence-corrected chi connectivity index (χ4v) is 5.56. The van der Waals surface area contributed by atoms with Crippen LogP contribution in [0.25, 0.3) is 10.9 Å². The number of anilines is 1. The van der Waals surface area contributed by atoms with Crippen molar-refractivity contribution in [3.63, 3.8) is 0 Å². The molecule has 3 aliphatic rings. The van der Waals surface area contributed by atoms with Crippen LogP contribution in [0.5, 0.6) is 5.75 Å². The van der Waals surface area contributed by atoms with Crippen molar-refractivity contribution in [3.05, 3.63) is 63.7 Å². The Labute approximate surface area is 220 Å². The minimum absolute atomic E-state index is 0.121. The smallest absolute Gasteiger partial charge is 0.494 e. The molecule has 38 heavy (non-hydrogen) atoms. The van der Waals surface area contributed by atoms with Gasteiger partial charge >= 0.3 is 7.12 Å². The van der Waals surface area contributed by atoms with Crippen LogP contribution in [0.4, 0.5) is 10.1 Å².